The Hall–Kier alpha value is -2.24. The van der Waals surface area contributed by atoms with Crippen molar-refractivity contribution in [3.63, 3.8) is 0 Å². The van der Waals surface area contributed by atoms with Gasteiger partial charge in [0.1, 0.15) is 12.4 Å². The highest BCUT2D eigenvalue weighted by atomic mass is 79.9. The van der Waals surface area contributed by atoms with Crippen LogP contribution in [0.15, 0.2) is 65.1 Å². The van der Waals surface area contributed by atoms with E-state index in [1.807, 2.05) is 42.5 Å². The van der Waals surface area contributed by atoms with Gasteiger partial charge in [-0.3, -0.25) is 0 Å². The third-order valence-electron chi connectivity index (χ3n) is 3.92. The zero-order valence-electron chi connectivity index (χ0n) is 14.6. The summed E-state index contributed by atoms with van der Waals surface area (Å²) in [6.07, 6.45) is 0. The van der Waals surface area contributed by atoms with Gasteiger partial charge in [-0.25, -0.2) is 4.39 Å². The van der Waals surface area contributed by atoms with Crippen molar-refractivity contribution in [3.05, 3.63) is 87.1 Å². The lowest BCUT2D eigenvalue weighted by atomic mass is 10.2. The molecule has 0 spiro atoms. The zero-order valence-corrected chi connectivity index (χ0v) is 17.0. The van der Waals surface area contributed by atoms with Crippen molar-refractivity contribution in [1.82, 2.24) is 0 Å². The molecule has 3 nitrogen and oxygen atoms in total. The number of para-hydroxylation sites is 1. The predicted molar refractivity (Wildman–Crippen MR) is 110 cm³/mol. The monoisotopic (exact) mass is 449 g/mol. The molecule has 0 aliphatic rings. The first kappa shape index (κ1) is 19.5. The summed E-state index contributed by atoms with van der Waals surface area (Å²) in [4.78, 5) is 0. The lowest BCUT2D eigenvalue weighted by Crippen LogP contribution is -2.03. The van der Waals surface area contributed by atoms with Crippen molar-refractivity contribution in [2.24, 2.45) is 0 Å². The van der Waals surface area contributed by atoms with Crippen LogP contribution < -0.4 is 14.8 Å². The highest BCUT2D eigenvalue weighted by Gasteiger charge is 2.12. The molecule has 3 aromatic carbocycles. The van der Waals surface area contributed by atoms with E-state index in [1.165, 1.54) is 12.1 Å². The standard InChI is InChI=1S/C21H18BrClFNO2/c1-26-20-11-15(12-25-19-8-3-2-7-18(19)23)10-17(22)21(20)27-13-14-5-4-6-16(24)9-14/h2-11,25H,12-13H2,1H3. The van der Waals surface area contributed by atoms with Gasteiger partial charge in [0.15, 0.2) is 11.5 Å². The second-order valence-corrected chi connectivity index (χ2v) is 7.12. The molecule has 1 N–H and O–H groups in total. The maximum atomic E-state index is 13.3. The molecule has 6 heteroatoms. The van der Waals surface area contributed by atoms with Crippen LogP contribution in [-0.4, -0.2) is 7.11 Å². The van der Waals surface area contributed by atoms with Crippen LogP contribution in [0.1, 0.15) is 11.1 Å². The van der Waals surface area contributed by atoms with Gasteiger partial charge in [-0.15, -0.1) is 0 Å². The van der Waals surface area contributed by atoms with Crippen LogP contribution in [0, 0.1) is 5.82 Å². The molecule has 0 amide bonds. The van der Waals surface area contributed by atoms with Gasteiger partial charge in [0.05, 0.1) is 22.3 Å². The van der Waals surface area contributed by atoms with Gasteiger partial charge in [0.25, 0.3) is 0 Å². The van der Waals surface area contributed by atoms with Crippen molar-refractivity contribution in [2.75, 3.05) is 12.4 Å². The van der Waals surface area contributed by atoms with Crippen molar-refractivity contribution < 1.29 is 13.9 Å². The Morgan fingerprint density at radius 2 is 1.85 bits per heavy atom. The van der Waals surface area contributed by atoms with Crippen molar-refractivity contribution in [3.8, 4) is 11.5 Å². The molecule has 3 aromatic rings. The molecular formula is C21H18BrClFNO2. The number of methoxy groups -OCH3 is 1. The van der Waals surface area contributed by atoms with Crippen LogP contribution in [0.25, 0.3) is 0 Å². The minimum absolute atomic E-state index is 0.240. The van der Waals surface area contributed by atoms with E-state index < -0.39 is 0 Å². The number of benzene rings is 3. The van der Waals surface area contributed by atoms with Crippen LogP contribution in [0.4, 0.5) is 10.1 Å². The maximum absolute atomic E-state index is 13.3. The number of halogens is 3. The van der Waals surface area contributed by atoms with Gasteiger partial charge in [-0.2, -0.15) is 0 Å². The summed E-state index contributed by atoms with van der Waals surface area (Å²) < 4.78 is 25.4. The quantitative estimate of drug-likeness (QED) is 0.449. The van der Waals surface area contributed by atoms with Crippen molar-refractivity contribution in [2.45, 2.75) is 13.2 Å². The summed E-state index contributed by atoms with van der Waals surface area (Å²) in [5.74, 6) is 0.878. The fraction of sp³-hybridized carbons (Fsp3) is 0.143. The minimum Gasteiger partial charge on any atom is -0.493 e. The van der Waals surface area contributed by atoms with Gasteiger partial charge >= 0.3 is 0 Å². The molecule has 3 rings (SSSR count). The predicted octanol–water partition coefficient (Wildman–Crippen LogP) is 6.44. The Morgan fingerprint density at radius 3 is 2.59 bits per heavy atom. The summed E-state index contributed by atoms with van der Waals surface area (Å²) in [5.41, 5.74) is 2.60. The van der Waals surface area contributed by atoms with E-state index in [-0.39, 0.29) is 12.4 Å². The average Bonchev–Trinajstić information content (AvgIpc) is 2.66. The Labute approximate surface area is 171 Å². The lowest BCUT2D eigenvalue weighted by molar-refractivity contribution is 0.282. The molecule has 0 aliphatic carbocycles. The van der Waals surface area contributed by atoms with Crippen molar-refractivity contribution >= 4 is 33.2 Å². The number of nitrogens with one attached hydrogen (secondary N) is 1. The Bertz CT molecular complexity index is 936. The molecule has 0 aromatic heterocycles. The number of anilines is 1. The second-order valence-electron chi connectivity index (χ2n) is 5.86. The van der Waals surface area contributed by atoms with Gasteiger partial charge in [0.2, 0.25) is 0 Å². The molecule has 0 bridgehead atoms. The Morgan fingerprint density at radius 1 is 1.04 bits per heavy atom. The summed E-state index contributed by atoms with van der Waals surface area (Å²) >= 11 is 9.71. The summed E-state index contributed by atoms with van der Waals surface area (Å²) in [7, 11) is 1.59. The van der Waals surface area contributed by atoms with E-state index in [1.54, 1.807) is 13.2 Å². The molecule has 0 unspecified atom stereocenters. The third-order valence-corrected chi connectivity index (χ3v) is 4.84. The SMILES string of the molecule is COc1cc(CNc2ccccc2Cl)cc(Br)c1OCc1cccc(F)c1. The molecule has 0 radical (unpaired) electrons. The van der Waals surface area contributed by atoms with Crippen LogP contribution in [0.2, 0.25) is 5.02 Å². The maximum Gasteiger partial charge on any atom is 0.175 e. The Kier molecular flexibility index (Phi) is 6.58. The van der Waals surface area contributed by atoms with Gasteiger partial charge < -0.3 is 14.8 Å². The smallest absolute Gasteiger partial charge is 0.175 e. The fourth-order valence-electron chi connectivity index (χ4n) is 2.60. The number of rotatable bonds is 7. The second kappa shape index (κ2) is 9.11. The minimum atomic E-state index is -0.289. The van der Waals surface area contributed by atoms with Gasteiger partial charge in [-0.1, -0.05) is 35.9 Å². The average molecular weight is 451 g/mol. The zero-order chi connectivity index (χ0) is 19.2. The molecule has 140 valence electrons. The van der Waals surface area contributed by atoms with E-state index in [9.17, 15) is 4.39 Å². The first-order chi connectivity index (χ1) is 13.1. The highest BCUT2D eigenvalue weighted by molar-refractivity contribution is 9.10. The molecule has 0 saturated heterocycles. The molecule has 0 saturated carbocycles. The number of ether oxygens (including phenoxy) is 2. The van der Waals surface area contributed by atoms with Crippen molar-refractivity contribution in [1.29, 1.82) is 0 Å². The van der Waals surface area contributed by atoms with Gasteiger partial charge in [0, 0.05) is 6.54 Å². The third kappa shape index (κ3) is 5.15. The molecule has 0 atom stereocenters. The Balaban J connectivity index is 1.73. The highest BCUT2D eigenvalue weighted by Crippen LogP contribution is 2.37. The summed E-state index contributed by atoms with van der Waals surface area (Å²) in [5, 5.41) is 3.97. The number of hydrogen-bond donors (Lipinski definition) is 1. The topological polar surface area (TPSA) is 30.5 Å². The normalized spacial score (nSPS) is 10.5. The van der Waals surface area contributed by atoms with E-state index in [0.717, 1.165) is 21.3 Å². The molecule has 27 heavy (non-hydrogen) atoms. The number of hydrogen-bond acceptors (Lipinski definition) is 3. The fourth-order valence-corrected chi connectivity index (χ4v) is 3.41. The van der Waals surface area contributed by atoms with Gasteiger partial charge in [-0.05, 0) is 63.5 Å². The van der Waals surface area contributed by atoms with Crippen LogP contribution in [0.3, 0.4) is 0 Å². The van der Waals surface area contributed by atoms with Crippen LogP contribution in [0.5, 0.6) is 11.5 Å². The van der Waals surface area contributed by atoms with Crippen LogP contribution in [-0.2, 0) is 13.2 Å². The van der Waals surface area contributed by atoms with E-state index >= 15 is 0 Å². The largest absolute Gasteiger partial charge is 0.493 e. The first-order valence-electron chi connectivity index (χ1n) is 8.29. The lowest BCUT2D eigenvalue weighted by Gasteiger charge is -2.15. The molecule has 0 aliphatic heterocycles. The summed E-state index contributed by atoms with van der Waals surface area (Å²) in [6, 6.07) is 17.7. The van der Waals surface area contributed by atoms with E-state index in [2.05, 4.69) is 21.2 Å². The first-order valence-corrected chi connectivity index (χ1v) is 9.46. The summed E-state index contributed by atoms with van der Waals surface area (Å²) in [6.45, 7) is 0.812. The molecule has 0 fully saturated rings. The molecular weight excluding hydrogens is 433 g/mol. The van der Waals surface area contributed by atoms with E-state index in [0.29, 0.717) is 23.1 Å². The van der Waals surface area contributed by atoms with E-state index in [4.69, 9.17) is 21.1 Å². The molecule has 0 heterocycles. The van der Waals surface area contributed by atoms with Crippen LogP contribution >= 0.6 is 27.5 Å².